The number of nitrogens with one attached hydrogen (secondary N) is 1. The molecule has 0 fully saturated rings. The van der Waals surface area contributed by atoms with E-state index in [0.717, 1.165) is 23.7 Å². The maximum absolute atomic E-state index is 11.4. The van der Waals surface area contributed by atoms with Gasteiger partial charge in [-0.3, -0.25) is 4.79 Å². The normalized spacial score (nSPS) is 14.4. The minimum atomic E-state index is -0.0117. The Morgan fingerprint density at radius 1 is 1.53 bits per heavy atom. The predicted octanol–water partition coefficient (Wildman–Crippen LogP) is 0.802. The molecule has 2 rings (SSSR count). The van der Waals surface area contributed by atoms with E-state index in [-0.39, 0.29) is 5.91 Å². The van der Waals surface area contributed by atoms with Crippen molar-refractivity contribution in [3.63, 3.8) is 0 Å². The highest BCUT2D eigenvalue weighted by atomic mass is 16.5. The zero-order valence-corrected chi connectivity index (χ0v) is 9.90. The lowest BCUT2D eigenvalue weighted by Crippen LogP contribution is -2.25. The van der Waals surface area contributed by atoms with Crippen molar-refractivity contribution < 1.29 is 9.53 Å². The number of carbonyl (C=O) groups excluding carboxylic acids is 1. The molecule has 1 aliphatic rings. The Balaban J connectivity index is 2.25. The van der Waals surface area contributed by atoms with Crippen molar-refractivity contribution in [1.29, 1.82) is 0 Å². The van der Waals surface area contributed by atoms with Crippen LogP contribution in [0.4, 0.5) is 11.4 Å². The molecule has 1 heterocycles. The van der Waals surface area contributed by atoms with Gasteiger partial charge in [-0.05, 0) is 18.2 Å². The highest BCUT2D eigenvalue weighted by Gasteiger charge is 2.14. The molecule has 5 heteroatoms. The van der Waals surface area contributed by atoms with E-state index in [1.54, 1.807) is 0 Å². The van der Waals surface area contributed by atoms with Crippen molar-refractivity contribution in [2.24, 2.45) is 5.73 Å². The number of hydrogen-bond acceptors (Lipinski definition) is 4. The fraction of sp³-hybridized carbons (Fsp3) is 0.417. The van der Waals surface area contributed by atoms with Gasteiger partial charge in [-0.15, -0.1) is 0 Å². The van der Waals surface area contributed by atoms with Gasteiger partial charge in [-0.2, -0.15) is 0 Å². The van der Waals surface area contributed by atoms with Crippen LogP contribution in [-0.2, 0) is 4.79 Å². The molecular weight excluding hydrogens is 218 g/mol. The van der Waals surface area contributed by atoms with E-state index in [4.69, 9.17) is 10.5 Å². The summed E-state index contributed by atoms with van der Waals surface area (Å²) in [7, 11) is 1.97. The molecular formula is C12H17N3O2. The van der Waals surface area contributed by atoms with Crippen molar-refractivity contribution in [3.05, 3.63) is 18.2 Å². The number of rotatable bonds is 3. The average Bonchev–Trinajstić information content (AvgIpc) is 2.49. The Kier molecular flexibility index (Phi) is 3.49. The van der Waals surface area contributed by atoms with Gasteiger partial charge in [0.2, 0.25) is 5.91 Å². The number of fused-ring (bicyclic) bond motifs is 1. The summed E-state index contributed by atoms with van der Waals surface area (Å²) >= 11 is 0. The molecule has 0 spiro atoms. The van der Waals surface area contributed by atoms with E-state index in [9.17, 15) is 4.79 Å². The quantitative estimate of drug-likeness (QED) is 0.813. The third-order valence-electron chi connectivity index (χ3n) is 2.73. The van der Waals surface area contributed by atoms with Crippen LogP contribution >= 0.6 is 0 Å². The average molecular weight is 235 g/mol. The number of carbonyl (C=O) groups is 1. The van der Waals surface area contributed by atoms with Gasteiger partial charge in [0.15, 0.2) is 0 Å². The third-order valence-corrected chi connectivity index (χ3v) is 2.73. The van der Waals surface area contributed by atoms with Crippen LogP contribution in [0.25, 0.3) is 0 Å². The number of nitrogens with zero attached hydrogens (tertiary/aromatic N) is 1. The van der Waals surface area contributed by atoms with Gasteiger partial charge in [0.05, 0.1) is 18.7 Å². The fourth-order valence-corrected chi connectivity index (χ4v) is 1.77. The van der Waals surface area contributed by atoms with Crippen LogP contribution < -0.4 is 20.7 Å². The predicted molar refractivity (Wildman–Crippen MR) is 67.5 cm³/mol. The smallest absolute Gasteiger partial charge is 0.227 e. The molecule has 1 amide bonds. The molecule has 1 aromatic carbocycles. The first-order valence-corrected chi connectivity index (χ1v) is 5.68. The van der Waals surface area contributed by atoms with E-state index in [1.165, 1.54) is 0 Å². The largest absolute Gasteiger partial charge is 0.491 e. The molecule has 0 unspecified atom stereocenters. The Labute approximate surface area is 101 Å². The molecule has 92 valence electrons. The SMILES string of the molecule is CN(CCN)c1ccc2c(c1)NC(=O)CCO2. The first kappa shape index (κ1) is 11.7. The molecule has 1 aromatic rings. The summed E-state index contributed by atoms with van der Waals surface area (Å²) in [5.74, 6) is 0.711. The number of anilines is 2. The molecule has 5 nitrogen and oxygen atoms in total. The summed E-state index contributed by atoms with van der Waals surface area (Å²) < 4.78 is 5.49. The monoisotopic (exact) mass is 235 g/mol. The maximum Gasteiger partial charge on any atom is 0.227 e. The lowest BCUT2D eigenvalue weighted by Gasteiger charge is -2.19. The first-order chi connectivity index (χ1) is 8.20. The van der Waals surface area contributed by atoms with E-state index in [2.05, 4.69) is 5.32 Å². The summed E-state index contributed by atoms with van der Waals surface area (Å²) in [5.41, 5.74) is 7.26. The molecule has 0 bridgehead atoms. The van der Waals surface area contributed by atoms with Gasteiger partial charge in [-0.1, -0.05) is 0 Å². The first-order valence-electron chi connectivity index (χ1n) is 5.68. The highest BCUT2D eigenvalue weighted by Crippen LogP contribution is 2.31. The zero-order valence-electron chi connectivity index (χ0n) is 9.90. The highest BCUT2D eigenvalue weighted by molar-refractivity contribution is 5.93. The molecule has 0 aliphatic carbocycles. The Morgan fingerprint density at radius 2 is 2.35 bits per heavy atom. The summed E-state index contributed by atoms with van der Waals surface area (Å²) in [4.78, 5) is 13.5. The van der Waals surface area contributed by atoms with Gasteiger partial charge in [-0.25, -0.2) is 0 Å². The Morgan fingerprint density at radius 3 is 3.12 bits per heavy atom. The van der Waals surface area contributed by atoms with Crippen LogP contribution in [0.2, 0.25) is 0 Å². The summed E-state index contributed by atoms with van der Waals surface area (Å²) in [5, 5.41) is 2.84. The molecule has 17 heavy (non-hydrogen) atoms. The summed E-state index contributed by atoms with van der Waals surface area (Å²) in [6, 6.07) is 5.75. The molecule has 1 aliphatic heterocycles. The van der Waals surface area contributed by atoms with Crippen LogP contribution in [0, 0.1) is 0 Å². The van der Waals surface area contributed by atoms with Crippen molar-refractivity contribution >= 4 is 17.3 Å². The molecule has 0 radical (unpaired) electrons. The number of amides is 1. The van der Waals surface area contributed by atoms with Gasteiger partial charge in [0, 0.05) is 25.8 Å². The van der Waals surface area contributed by atoms with Crippen LogP contribution in [0.1, 0.15) is 6.42 Å². The number of hydrogen-bond donors (Lipinski definition) is 2. The summed E-state index contributed by atoms with van der Waals surface area (Å²) in [6.07, 6.45) is 0.392. The summed E-state index contributed by atoms with van der Waals surface area (Å²) in [6.45, 7) is 1.79. The molecule has 0 atom stereocenters. The lowest BCUT2D eigenvalue weighted by atomic mass is 10.2. The number of nitrogens with two attached hydrogens (primary N) is 1. The van der Waals surface area contributed by atoms with Crippen molar-refractivity contribution in [2.75, 3.05) is 37.0 Å². The maximum atomic E-state index is 11.4. The molecule has 0 aromatic heterocycles. The van der Waals surface area contributed by atoms with Crippen molar-refractivity contribution in [2.45, 2.75) is 6.42 Å². The number of likely N-dealkylation sites (N-methyl/N-ethyl adjacent to an activating group) is 1. The third kappa shape index (κ3) is 2.68. The Hall–Kier alpha value is -1.75. The van der Waals surface area contributed by atoms with Crippen LogP contribution in [0.5, 0.6) is 5.75 Å². The second-order valence-corrected chi connectivity index (χ2v) is 4.04. The van der Waals surface area contributed by atoms with Crippen molar-refractivity contribution in [3.8, 4) is 5.75 Å². The minimum Gasteiger partial charge on any atom is -0.491 e. The van der Waals surface area contributed by atoms with Gasteiger partial charge < -0.3 is 20.7 Å². The molecule has 0 saturated heterocycles. The number of benzene rings is 1. The van der Waals surface area contributed by atoms with E-state index in [1.807, 2.05) is 30.1 Å². The van der Waals surface area contributed by atoms with E-state index >= 15 is 0 Å². The van der Waals surface area contributed by atoms with E-state index < -0.39 is 0 Å². The van der Waals surface area contributed by atoms with Gasteiger partial charge in [0.25, 0.3) is 0 Å². The molecule has 3 N–H and O–H groups in total. The zero-order chi connectivity index (χ0) is 12.3. The molecule has 0 saturated carbocycles. The van der Waals surface area contributed by atoms with Crippen LogP contribution in [-0.4, -0.2) is 32.7 Å². The topological polar surface area (TPSA) is 67.6 Å². The fourth-order valence-electron chi connectivity index (χ4n) is 1.77. The van der Waals surface area contributed by atoms with Crippen LogP contribution in [0.3, 0.4) is 0 Å². The minimum absolute atomic E-state index is 0.0117. The van der Waals surface area contributed by atoms with Crippen molar-refractivity contribution in [1.82, 2.24) is 0 Å². The number of ether oxygens (including phenoxy) is 1. The van der Waals surface area contributed by atoms with E-state index in [0.29, 0.717) is 19.6 Å². The second-order valence-electron chi connectivity index (χ2n) is 4.04. The van der Waals surface area contributed by atoms with Gasteiger partial charge >= 0.3 is 0 Å². The Bertz CT molecular complexity index is 420. The van der Waals surface area contributed by atoms with Crippen LogP contribution in [0.15, 0.2) is 18.2 Å². The standard InChI is InChI=1S/C12H17N3O2/c1-15(6-5-13)9-2-3-11-10(8-9)14-12(16)4-7-17-11/h2-3,8H,4-7,13H2,1H3,(H,14,16). The van der Waals surface area contributed by atoms with Gasteiger partial charge in [0.1, 0.15) is 5.75 Å². The second kappa shape index (κ2) is 5.05. The lowest BCUT2D eigenvalue weighted by molar-refractivity contribution is -0.116.